The van der Waals surface area contributed by atoms with Crippen LogP contribution in [0.2, 0.25) is 0 Å². The molecule has 11 nitrogen and oxygen atoms in total. The third-order valence-corrected chi connectivity index (χ3v) is 4.24. The van der Waals surface area contributed by atoms with Gasteiger partial charge in [0.15, 0.2) is 11.5 Å². The molecule has 31 heavy (non-hydrogen) atoms. The van der Waals surface area contributed by atoms with E-state index in [9.17, 15) is 24.5 Å². The summed E-state index contributed by atoms with van der Waals surface area (Å²) in [5, 5.41) is 24.6. The predicted octanol–water partition coefficient (Wildman–Crippen LogP) is 1.68. The Morgan fingerprint density at radius 2 is 1.90 bits per heavy atom. The molecule has 0 aromatic heterocycles. The van der Waals surface area contributed by atoms with Crippen LogP contribution >= 0.6 is 0 Å². The topological polar surface area (TPSA) is 157 Å². The van der Waals surface area contributed by atoms with Crippen molar-refractivity contribution in [3.05, 3.63) is 69.4 Å². The van der Waals surface area contributed by atoms with Gasteiger partial charge < -0.3 is 25.2 Å². The molecule has 3 N–H and O–H groups in total. The van der Waals surface area contributed by atoms with E-state index in [-0.39, 0.29) is 23.7 Å². The number of non-ortho nitro benzene ring substituents is 1. The first-order chi connectivity index (χ1) is 14.7. The number of hydrogen-bond acceptors (Lipinski definition) is 7. The molecule has 0 radical (unpaired) electrons. The maximum Gasteiger partial charge on any atom is 0.325 e. The van der Waals surface area contributed by atoms with Crippen molar-refractivity contribution in [3.8, 4) is 11.5 Å². The van der Waals surface area contributed by atoms with Gasteiger partial charge in [-0.3, -0.25) is 24.5 Å². The molecule has 11 heteroatoms. The van der Waals surface area contributed by atoms with Crippen LogP contribution in [-0.2, 0) is 9.59 Å². The number of aliphatic carboxylic acids is 1. The molecule has 0 aliphatic carbocycles. The minimum atomic E-state index is -1.26. The SMILES string of the molecule is C[C@@H](NC(=O)/C(=C/c1ccc2c(c1)OCO2)NC(=O)c1cccc([N+](=O)[O-])c1)C(=O)O. The molecular weight excluding hydrogens is 410 g/mol. The van der Waals surface area contributed by atoms with E-state index in [1.165, 1.54) is 31.2 Å². The Balaban J connectivity index is 1.90. The van der Waals surface area contributed by atoms with Gasteiger partial charge in [-0.15, -0.1) is 0 Å². The van der Waals surface area contributed by atoms with Gasteiger partial charge in [-0.05, 0) is 36.8 Å². The minimum absolute atomic E-state index is 0.0510. The second-order valence-electron chi connectivity index (χ2n) is 6.47. The zero-order chi connectivity index (χ0) is 22.5. The van der Waals surface area contributed by atoms with E-state index < -0.39 is 28.7 Å². The molecule has 1 aliphatic rings. The second-order valence-corrected chi connectivity index (χ2v) is 6.47. The standard InChI is InChI=1S/C20H17N3O8/c1-11(20(26)27)21-19(25)15(7-12-5-6-16-17(8-12)31-10-30-16)22-18(24)13-3-2-4-14(9-13)23(28)29/h2-9,11H,10H2,1H3,(H,21,25)(H,22,24)(H,26,27)/b15-7-/t11-/m1/s1. The van der Waals surface area contributed by atoms with E-state index in [1.807, 2.05) is 0 Å². The van der Waals surface area contributed by atoms with Gasteiger partial charge in [0, 0.05) is 17.7 Å². The van der Waals surface area contributed by atoms with Gasteiger partial charge in [-0.1, -0.05) is 12.1 Å². The van der Waals surface area contributed by atoms with Crippen LogP contribution in [0.5, 0.6) is 11.5 Å². The Morgan fingerprint density at radius 1 is 1.16 bits per heavy atom. The number of benzene rings is 2. The van der Waals surface area contributed by atoms with E-state index in [0.717, 1.165) is 6.07 Å². The highest BCUT2D eigenvalue weighted by atomic mass is 16.7. The van der Waals surface area contributed by atoms with Crippen molar-refractivity contribution in [3.63, 3.8) is 0 Å². The maximum atomic E-state index is 12.6. The van der Waals surface area contributed by atoms with Crippen molar-refractivity contribution in [2.75, 3.05) is 6.79 Å². The maximum absolute atomic E-state index is 12.6. The van der Waals surface area contributed by atoms with Gasteiger partial charge in [-0.25, -0.2) is 0 Å². The fourth-order valence-electron chi connectivity index (χ4n) is 2.62. The smallest absolute Gasteiger partial charge is 0.325 e. The predicted molar refractivity (Wildman–Crippen MR) is 106 cm³/mol. The summed E-state index contributed by atoms with van der Waals surface area (Å²) in [6, 6.07) is 8.55. The molecule has 0 saturated heterocycles. The summed E-state index contributed by atoms with van der Waals surface area (Å²) in [6.45, 7) is 1.32. The van der Waals surface area contributed by atoms with Crippen molar-refractivity contribution in [2.24, 2.45) is 0 Å². The number of fused-ring (bicyclic) bond motifs is 1. The van der Waals surface area contributed by atoms with Gasteiger partial charge in [0.05, 0.1) is 4.92 Å². The zero-order valence-corrected chi connectivity index (χ0v) is 16.2. The third kappa shape index (κ3) is 5.15. The number of nitrogens with one attached hydrogen (secondary N) is 2. The van der Waals surface area contributed by atoms with Gasteiger partial charge in [-0.2, -0.15) is 0 Å². The molecule has 0 saturated carbocycles. The van der Waals surface area contributed by atoms with Crippen molar-refractivity contribution in [1.29, 1.82) is 0 Å². The molecule has 3 rings (SSSR count). The first kappa shape index (κ1) is 21.3. The number of ether oxygens (including phenoxy) is 2. The highest BCUT2D eigenvalue weighted by molar-refractivity contribution is 6.06. The molecule has 0 fully saturated rings. The molecule has 0 spiro atoms. The van der Waals surface area contributed by atoms with E-state index >= 15 is 0 Å². The lowest BCUT2D eigenvalue weighted by molar-refractivity contribution is -0.384. The average Bonchev–Trinajstić information content (AvgIpc) is 3.21. The minimum Gasteiger partial charge on any atom is -0.480 e. The normalized spacial score (nSPS) is 13.3. The molecule has 160 valence electrons. The van der Waals surface area contributed by atoms with Gasteiger partial charge in [0.2, 0.25) is 6.79 Å². The first-order valence-corrected chi connectivity index (χ1v) is 8.95. The Kier molecular flexibility index (Phi) is 6.15. The molecule has 2 aromatic carbocycles. The Bertz CT molecular complexity index is 1100. The van der Waals surface area contributed by atoms with Crippen molar-refractivity contribution in [2.45, 2.75) is 13.0 Å². The van der Waals surface area contributed by atoms with Crippen molar-refractivity contribution >= 4 is 29.5 Å². The van der Waals surface area contributed by atoms with Crippen molar-refractivity contribution < 1.29 is 33.9 Å². The number of nitro benzene ring substituents is 1. The largest absolute Gasteiger partial charge is 0.480 e. The van der Waals surface area contributed by atoms with Crippen LogP contribution in [-0.4, -0.2) is 40.6 Å². The van der Waals surface area contributed by atoms with Gasteiger partial charge in [0.25, 0.3) is 17.5 Å². The van der Waals surface area contributed by atoms with Gasteiger partial charge in [0.1, 0.15) is 11.7 Å². The van der Waals surface area contributed by atoms with E-state index in [2.05, 4.69) is 10.6 Å². The summed E-state index contributed by atoms with van der Waals surface area (Å²) in [5.41, 5.74) is -0.136. The average molecular weight is 427 g/mol. The van der Waals surface area contributed by atoms with Crippen LogP contribution in [0.25, 0.3) is 6.08 Å². The summed E-state index contributed by atoms with van der Waals surface area (Å²) >= 11 is 0. The molecular formula is C20H17N3O8. The summed E-state index contributed by atoms with van der Waals surface area (Å²) in [7, 11) is 0. The van der Waals surface area contributed by atoms with Crippen LogP contribution in [0.1, 0.15) is 22.8 Å². The summed E-state index contributed by atoms with van der Waals surface area (Å²) < 4.78 is 10.5. The quantitative estimate of drug-likeness (QED) is 0.342. The number of rotatable bonds is 7. The molecule has 0 unspecified atom stereocenters. The fourth-order valence-corrected chi connectivity index (χ4v) is 2.62. The number of nitrogens with zero attached hydrogens (tertiary/aromatic N) is 1. The molecule has 1 atom stereocenters. The number of nitro groups is 1. The lowest BCUT2D eigenvalue weighted by Crippen LogP contribution is -2.42. The summed E-state index contributed by atoms with van der Waals surface area (Å²) in [4.78, 5) is 46.6. The summed E-state index contributed by atoms with van der Waals surface area (Å²) in [5.74, 6) is -1.94. The van der Waals surface area contributed by atoms with E-state index in [0.29, 0.717) is 17.1 Å². The van der Waals surface area contributed by atoms with E-state index in [4.69, 9.17) is 14.6 Å². The molecule has 2 amide bonds. The lowest BCUT2D eigenvalue weighted by Gasteiger charge is -2.13. The number of amides is 2. The van der Waals surface area contributed by atoms with Crippen molar-refractivity contribution in [1.82, 2.24) is 10.6 Å². The molecule has 1 heterocycles. The van der Waals surface area contributed by atoms with Crippen LogP contribution < -0.4 is 20.1 Å². The second kappa shape index (κ2) is 8.95. The number of hydrogen-bond donors (Lipinski definition) is 3. The van der Waals surface area contributed by atoms with Crippen LogP contribution in [0.4, 0.5) is 5.69 Å². The Labute approximate surface area is 175 Å². The highest BCUT2D eigenvalue weighted by Crippen LogP contribution is 2.33. The molecule has 1 aliphatic heterocycles. The number of carbonyl (C=O) groups excluding carboxylic acids is 2. The molecule has 2 aromatic rings. The number of carbonyl (C=O) groups is 3. The molecule has 0 bridgehead atoms. The highest BCUT2D eigenvalue weighted by Gasteiger charge is 2.21. The fraction of sp³-hybridized carbons (Fsp3) is 0.150. The monoisotopic (exact) mass is 427 g/mol. The van der Waals surface area contributed by atoms with Crippen LogP contribution in [0, 0.1) is 10.1 Å². The first-order valence-electron chi connectivity index (χ1n) is 8.95. The zero-order valence-electron chi connectivity index (χ0n) is 16.2. The number of carboxylic acid groups (broad SMARTS) is 1. The van der Waals surface area contributed by atoms with Gasteiger partial charge >= 0.3 is 5.97 Å². The Hall–Kier alpha value is -4.41. The summed E-state index contributed by atoms with van der Waals surface area (Å²) in [6.07, 6.45) is 1.32. The van der Waals surface area contributed by atoms with E-state index in [1.54, 1.807) is 18.2 Å². The van der Waals surface area contributed by atoms with Crippen LogP contribution in [0.3, 0.4) is 0 Å². The Morgan fingerprint density at radius 3 is 2.61 bits per heavy atom. The lowest BCUT2D eigenvalue weighted by atomic mass is 10.1. The number of carboxylic acids is 1. The van der Waals surface area contributed by atoms with Crippen LogP contribution in [0.15, 0.2) is 48.2 Å². The third-order valence-electron chi connectivity index (χ3n) is 4.24.